The molecule has 1 saturated carbocycles. The predicted octanol–water partition coefficient (Wildman–Crippen LogP) is 4.55. The van der Waals surface area contributed by atoms with Crippen LogP contribution >= 0.6 is 0 Å². The molecule has 1 nitrogen and oxygen atoms in total. The summed E-state index contributed by atoms with van der Waals surface area (Å²) in [5, 5.41) is 3.87. The highest BCUT2D eigenvalue weighted by Gasteiger charge is 2.25. The van der Waals surface area contributed by atoms with Gasteiger partial charge in [0.1, 0.15) is 0 Å². The third kappa shape index (κ3) is 3.35. The van der Waals surface area contributed by atoms with Crippen molar-refractivity contribution in [3.05, 3.63) is 35.9 Å². The van der Waals surface area contributed by atoms with E-state index in [9.17, 15) is 0 Å². The second-order valence-corrected chi connectivity index (χ2v) is 6.13. The molecule has 1 aliphatic carbocycles. The van der Waals surface area contributed by atoms with Crippen molar-refractivity contribution in [2.75, 3.05) is 0 Å². The fraction of sp³-hybridized carbons (Fsp3) is 0.647. The summed E-state index contributed by atoms with van der Waals surface area (Å²) in [6, 6.07) is 12.0. The Morgan fingerprint density at radius 2 is 1.61 bits per heavy atom. The molecular formula is C17H27N. The normalized spacial score (nSPS) is 20.2. The molecule has 0 amide bonds. The van der Waals surface area contributed by atoms with Crippen LogP contribution in [0, 0.1) is 11.8 Å². The Morgan fingerprint density at radius 1 is 1.00 bits per heavy atom. The highest BCUT2D eigenvalue weighted by molar-refractivity contribution is 5.19. The van der Waals surface area contributed by atoms with E-state index in [1.165, 1.54) is 31.2 Å². The van der Waals surface area contributed by atoms with E-state index in [0.29, 0.717) is 18.0 Å². The molecule has 2 atom stereocenters. The average molecular weight is 245 g/mol. The number of nitrogens with one attached hydrogen (secondary N) is 1. The summed E-state index contributed by atoms with van der Waals surface area (Å²) in [7, 11) is 0. The standard InChI is InChI=1S/C17H27N/c1-13(2)17(16-11-5-4-6-12-16)18-14(3)15-9-7-8-10-15/h4-6,11-15,17-18H,7-10H2,1-3H3. The summed E-state index contributed by atoms with van der Waals surface area (Å²) in [5.74, 6) is 1.52. The topological polar surface area (TPSA) is 12.0 Å². The Bertz CT molecular complexity index is 338. The maximum Gasteiger partial charge on any atom is 0.0345 e. The fourth-order valence-electron chi connectivity index (χ4n) is 3.21. The molecule has 0 saturated heterocycles. The summed E-state index contributed by atoms with van der Waals surface area (Å²) in [5.41, 5.74) is 1.43. The van der Waals surface area contributed by atoms with Crippen molar-refractivity contribution in [1.82, 2.24) is 5.32 Å². The van der Waals surface area contributed by atoms with Crippen molar-refractivity contribution in [1.29, 1.82) is 0 Å². The van der Waals surface area contributed by atoms with Gasteiger partial charge in [-0.25, -0.2) is 0 Å². The maximum absolute atomic E-state index is 3.87. The number of hydrogen-bond acceptors (Lipinski definition) is 1. The van der Waals surface area contributed by atoms with Gasteiger partial charge in [-0.3, -0.25) is 0 Å². The zero-order chi connectivity index (χ0) is 13.0. The smallest absolute Gasteiger partial charge is 0.0345 e. The van der Waals surface area contributed by atoms with Gasteiger partial charge >= 0.3 is 0 Å². The zero-order valence-electron chi connectivity index (χ0n) is 12.0. The molecule has 100 valence electrons. The van der Waals surface area contributed by atoms with Crippen LogP contribution in [0.5, 0.6) is 0 Å². The number of benzene rings is 1. The molecule has 0 radical (unpaired) electrons. The van der Waals surface area contributed by atoms with E-state index in [-0.39, 0.29) is 0 Å². The molecule has 1 aliphatic rings. The lowest BCUT2D eigenvalue weighted by atomic mass is 9.92. The summed E-state index contributed by atoms with van der Waals surface area (Å²) in [6.07, 6.45) is 5.67. The van der Waals surface area contributed by atoms with Crippen LogP contribution in [-0.4, -0.2) is 6.04 Å². The Kier molecular flexibility index (Phi) is 4.82. The first kappa shape index (κ1) is 13.6. The minimum absolute atomic E-state index is 0.488. The molecule has 0 spiro atoms. The molecule has 1 fully saturated rings. The summed E-state index contributed by atoms with van der Waals surface area (Å²) in [6.45, 7) is 6.99. The first-order valence-electron chi connectivity index (χ1n) is 7.49. The lowest BCUT2D eigenvalue weighted by Gasteiger charge is -2.30. The SMILES string of the molecule is CC(C)C(NC(C)C1CCCC1)c1ccccc1. The van der Waals surface area contributed by atoms with Gasteiger partial charge in [0.25, 0.3) is 0 Å². The van der Waals surface area contributed by atoms with Crippen LogP contribution in [0.2, 0.25) is 0 Å². The van der Waals surface area contributed by atoms with Gasteiger partial charge in [0, 0.05) is 12.1 Å². The first-order valence-corrected chi connectivity index (χ1v) is 7.49. The largest absolute Gasteiger partial charge is 0.307 e. The van der Waals surface area contributed by atoms with Crippen LogP contribution in [-0.2, 0) is 0 Å². The van der Waals surface area contributed by atoms with Crippen LogP contribution in [0.1, 0.15) is 58.1 Å². The molecular weight excluding hydrogens is 218 g/mol. The Balaban J connectivity index is 2.02. The number of rotatable bonds is 5. The van der Waals surface area contributed by atoms with Crippen molar-refractivity contribution in [3.8, 4) is 0 Å². The van der Waals surface area contributed by atoms with Crippen LogP contribution < -0.4 is 5.32 Å². The van der Waals surface area contributed by atoms with E-state index in [0.717, 1.165) is 5.92 Å². The molecule has 1 heteroatoms. The minimum atomic E-state index is 0.488. The minimum Gasteiger partial charge on any atom is -0.307 e. The zero-order valence-corrected chi connectivity index (χ0v) is 12.0. The molecule has 0 aliphatic heterocycles. The third-order valence-corrected chi connectivity index (χ3v) is 4.37. The molecule has 18 heavy (non-hydrogen) atoms. The second-order valence-electron chi connectivity index (χ2n) is 6.13. The van der Waals surface area contributed by atoms with Gasteiger partial charge in [-0.05, 0) is 37.2 Å². The van der Waals surface area contributed by atoms with Gasteiger partial charge in [-0.2, -0.15) is 0 Å². The molecule has 1 N–H and O–H groups in total. The molecule has 0 bridgehead atoms. The monoisotopic (exact) mass is 245 g/mol. The predicted molar refractivity (Wildman–Crippen MR) is 78.6 cm³/mol. The lowest BCUT2D eigenvalue weighted by molar-refractivity contribution is 0.303. The average Bonchev–Trinajstić information content (AvgIpc) is 2.90. The van der Waals surface area contributed by atoms with Gasteiger partial charge in [0.2, 0.25) is 0 Å². The van der Waals surface area contributed by atoms with Crippen LogP contribution in [0.15, 0.2) is 30.3 Å². The van der Waals surface area contributed by atoms with Gasteiger partial charge in [-0.15, -0.1) is 0 Å². The molecule has 2 rings (SSSR count). The van der Waals surface area contributed by atoms with Crippen molar-refractivity contribution in [2.24, 2.45) is 11.8 Å². The van der Waals surface area contributed by atoms with Crippen molar-refractivity contribution in [2.45, 2.75) is 58.5 Å². The van der Waals surface area contributed by atoms with Gasteiger partial charge in [0.05, 0.1) is 0 Å². The Hall–Kier alpha value is -0.820. The van der Waals surface area contributed by atoms with Crippen LogP contribution in [0.3, 0.4) is 0 Å². The van der Waals surface area contributed by atoms with Crippen molar-refractivity contribution >= 4 is 0 Å². The van der Waals surface area contributed by atoms with E-state index in [2.05, 4.69) is 56.4 Å². The molecule has 1 aromatic carbocycles. The molecule has 1 aromatic rings. The van der Waals surface area contributed by atoms with Crippen molar-refractivity contribution < 1.29 is 0 Å². The summed E-state index contributed by atoms with van der Waals surface area (Å²) in [4.78, 5) is 0. The quantitative estimate of drug-likeness (QED) is 0.802. The molecule has 2 unspecified atom stereocenters. The lowest BCUT2D eigenvalue weighted by Crippen LogP contribution is -2.37. The van der Waals surface area contributed by atoms with Crippen LogP contribution in [0.25, 0.3) is 0 Å². The van der Waals surface area contributed by atoms with Gasteiger partial charge in [0.15, 0.2) is 0 Å². The molecule has 0 aromatic heterocycles. The maximum atomic E-state index is 3.87. The second kappa shape index (κ2) is 6.38. The Labute approximate surface area is 112 Å². The van der Waals surface area contributed by atoms with E-state index in [1.54, 1.807) is 0 Å². The summed E-state index contributed by atoms with van der Waals surface area (Å²) < 4.78 is 0. The van der Waals surface area contributed by atoms with Gasteiger partial charge < -0.3 is 5.32 Å². The number of hydrogen-bond donors (Lipinski definition) is 1. The third-order valence-electron chi connectivity index (χ3n) is 4.37. The first-order chi connectivity index (χ1) is 8.68. The Morgan fingerprint density at radius 3 is 2.17 bits per heavy atom. The van der Waals surface area contributed by atoms with Crippen molar-refractivity contribution in [3.63, 3.8) is 0 Å². The van der Waals surface area contributed by atoms with E-state index in [4.69, 9.17) is 0 Å². The van der Waals surface area contributed by atoms with Gasteiger partial charge in [-0.1, -0.05) is 57.0 Å². The van der Waals surface area contributed by atoms with E-state index < -0.39 is 0 Å². The summed E-state index contributed by atoms with van der Waals surface area (Å²) >= 11 is 0. The molecule has 0 heterocycles. The van der Waals surface area contributed by atoms with E-state index >= 15 is 0 Å². The van der Waals surface area contributed by atoms with E-state index in [1.807, 2.05) is 0 Å². The highest BCUT2D eigenvalue weighted by atomic mass is 15.0. The fourth-order valence-corrected chi connectivity index (χ4v) is 3.21. The van der Waals surface area contributed by atoms with Crippen LogP contribution in [0.4, 0.5) is 0 Å². The highest BCUT2D eigenvalue weighted by Crippen LogP contribution is 2.30.